The summed E-state index contributed by atoms with van der Waals surface area (Å²) in [5.74, 6) is 1.60. The first-order valence-electron chi connectivity index (χ1n) is 7.17. The van der Waals surface area contributed by atoms with Crippen molar-refractivity contribution in [3.63, 3.8) is 0 Å². The van der Waals surface area contributed by atoms with Crippen LogP contribution in [0.15, 0.2) is 0 Å². The molecule has 2 fully saturated rings. The van der Waals surface area contributed by atoms with Crippen LogP contribution in [0.4, 0.5) is 0 Å². The molecule has 3 nitrogen and oxygen atoms in total. The van der Waals surface area contributed by atoms with Crippen LogP contribution in [0.1, 0.15) is 51.4 Å². The molecule has 2 N–H and O–H groups in total. The summed E-state index contributed by atoms with van der Waals surface area (Å²) in [4.78, 5) is 13.9. The Bertz CT molecular complexity index is 257. The maximum atomic E-state index is 12.1. The van der Waals surface area contributed by atoms with E-state index in [1.54, 1.807) is 0 Å². The van der Waals surface area contributed by atoms with Crippen LogP contribution in [0.2, 0.25) is 0 Å². The van der Waals surface area contributed by atoms with Gasteiger partial charge in [-0.2, -0.15) is 0 Å². The van der Waals surface area contributed by atoms with Gasteiger partial charge < -0.3 is 10.6 Å². The number of likely N-dealkylation sites (N-methyl/N-ethyl adjacent to an activating group) is 1. The predicted octanol–water partition coefficient (Wildman–Crippen LogP) is 2.15. The molecule has 1 atom stereocenters. The van der Waals surface area contributed by atoms with E-state index in [1.165, 1.54) is 44.9 Å². The average Bonchev–Trinajstić information content (AvgIpc) is 3.13. The molecule has 0 saturated heterocycles. The largest absolute Gasteiger partial charge is 0.344 e. The van der Waals surface area contributed by atoms with Crippen molar-refractivity contribution in [1.29, 1.82) is 0 Å². The molecule has 0 aromatic rings. The molecule has 0 spiro atoms. The molecule has 2 saturated carbocycles. The van der Waals surface area contributed by atoms with E-state index >= 15 is 0 Å². The summed E-state index contributed by atoms with van der Waals surface area (Å²) in [6.07, 6.45) is 10.0. The van der Waals surface area contributed by atoms with Crippen LogP contribution in [0.5, 0.6) is 0 Å². The highest BCUT2D eigenvalue weighted by Crippen LogP contribution is 2.30. The van der Waals surface area contributed by atoms with E-state index < -0.39 is 0 Å². The minimum atomic E-state index is -0.262. The molecule has 3 heteroatoms. The molecule has 0 aliphatic heterocycles. The number of hydrogen-bond donors (Lipinski definition) is 1. The van der Waals surface area contributed by atoms with Gasteiger partial charge in [0.2, 0.25) is 5.91 Å². The summed E-state index contributed by atoms with van der Waals surface area (Å²) >= 11 is 0. The highest BCUT2D eigenvalue weighted by Gasteiger charge is 2.28. The molecule has 0 heterocycles. The van der Waals surface area contributed by atoms with Crippen LogP contribution in [-0.2, 0) is 4.79 Å². The van der Waals surface area contributed by atoms with E-state index in [0.29, 0.717) is 5.92 Å². The second-order valence-electron chi connectivity index (χ2n) is 6.01. The van der Waals surface area contributed by atoms with Gasteiger partial charge in [-0.1, -0.05) is 32.1 Å². The van der Waals surface area contributed by atoms with E-state index in [4.69, 9.17) is 5.73 Å². The summed E-state index contributed by atoms with van der Waals surface area (Å²) < 4.78 is 0. The third-order valence-electron chi connectivity index (χ3n) is 4.23. The fourth-order valence-corrected chi connectivity index (χ4v) is 2.94. The van der Waals surface area contributed by atoms with Gasteiger partial charge in [-0.15, -0.1) is 0 Å². The van der Waals surface area contributed by atoms with Crippen molar-refractivity contribution in [2.75, 3.05) is 13.6 Å². The molecule has 0 aromatic carbocycles. The fourth-order valence-electron chi connectivity index (χ4n) is 2.94. The molecule has 17 heavy (non-hydrogen) atoms. The molecule has 2 aliphatic carbocycles. The third-order valence-corrected chi connectivity index (χ3v) is 4.23. The van der Waals surface area contributed by atoms with Gasteiger partial charge in [-0.25, -0.2) is 0 Å². The number of amides is 1. The lowest BCUT2D eigenvalue weighted by Gasteiger charge is -2.26. The first-order chi connectivity index (χ1) is 8.16. The number of rotatable bonds is 5. The number of hydrogen-bond acceptors (Lipinski definition) is 2. The van der Waals surface area contributed by atoms with Crippen molar-refractivity contribution in [2.45, 2.75) is 57.4 Å². The molecule has 1 amide bonds. The first-order valence-corrected chi connectivity index (χ1v) is 7.17. The monoisotopic (exact) mass is 238 g/mol. The molecule has 0 radical (unpaired) electrons. The Labute approximate surface area is 105 Å². The standard InChI is InChI=1S/C14H26N2O/c1-16(10-12-7-8-12)14(17)13(15)9-11-5-3-2-4-6-11/h11-13H,2-10,15H2,1H3. The summed E-state index contributed by atoms with van der Waals surface area (Å²) in [5.41, 5.74) is 6.05. The maximum absolute atomic E-state index is 12.1. The smallest absolute Gasteiger partial charge is 0.239 e. The summed E-state index contributed by atoms with van der Waals surface area (Å²) in [6, 6.07) is -0.262. The summed E-state index contributed by atoms with van der Waals surface area (Å²) in [5, 5.41) is 0. The van der Waals surface area contributed by atoms with Crippen molar-refractivity contribution in [2.24, 2.45) is 17.6 Å². The highest BCUT2D eigenvalue weighted by molar-refractivity contribution is 5.81. The van der Waals surface area contributed by atoms with Crippen LogP contribution >= 0.6 is 0 Å². The fraction of sp³-hybridized carbons (Fsp3) is 0.929. The van der Waals surface area contributed by atoms with Gasteiger partial charge >= 0.3 is 0 Å². The highest BCUT2D eigenvalue weighted by atomic mass is 16.2. The minimum absolute atomic E-state index is 0.155. The van der Waals surface area contributed by atoms with Crippen LogP contribution < -0.4 is 5.73 Å². The van der Waals surface area contributed by atoms with E-state index in [1.807, 2.05) is 11.9 Å². The second kappa shape index (κ2) is 5.85. The average molecular weight is 238 g/mol. The van der Waals surface area contributed by atoms with Gasteiger partial charge in [0, 0.05) is 13.6 Å². The molecular weight excluding hydrogens is 212 g/mol. The van der Waals surface area contributed by atoms with Crippen molar-refractivity contribution < 1.29 is 4.79 Å². The number of nitrogens with zero attached hydrogens (tertiary/aromatic N) is 1. The molecule has 2 rings (SSSR count). The molecular formula is C14H26N2O. The molecule has 0 aromatic heterocycles. The Kier molecular flexibility index (Phi) is 4.43. The first kappa shape index (κ1) is 12.9. The SMILES string of the molecule is CN(CC1CC1)C(=O)C(N)CC1CCCCC1. The van der Waals surface area contributed by atoms with Gasteiger partial charge in [-0.05, 0) is 31.1 Å². The van der Waals surface area contributed by atoms with Crippen LogP contribution in [-0.4, -0.2) is 30.4 Å². The summed E-state index contributed by atoms with van der Waals surface area (Å²) in [6.45, 7) is 0.914. The zero-order valence-electron chi connectivity index (χ0n) is 11.0. The van der Waals surface area contributed by atoms with Crippen LogP contribution in [0.25, 0.3) is 0 Å². The Morgan fingerprint density at radius 2 is 1.82 bits per heavy atom. The Morgan fingerprint density at radius 3 is 2.41 bits per heavy atom. The molecule has 2 aliphatic rings. The van der Waals surface area contributed by atoms with Gasteiger partial charge in [-0.3, -0.25) is 4.79 Å². The lowest BCUT2D eigenvalue weighted by Crippen LogP contribution is -2.43. The van der Waals surface area contributed by atoms with Crippen molar-refractivity contribution in [3.05, 3.63) is 0 Å². The van der Waals surface area contributed by atoms with Crippen molar-refractivity contribution in [1.82, 2.24) is 4.90 Å². The zero-order valence-corrected chi connectivity index (χ0v) is 11.0. The Balaban J connectivity index is 1.72. The summed E-state index contributed by atoms with van der Waals surface area (Å²) in [7, 11) is 1.90. The maximum Gasteiger partial charge on any atom is 0.239 e. The number of carbonyl (C=O) groups excluding carboxylic acids is 1. The normalized spacial score (nSPS) is 23.4. The van der Waals surface area contributed by atoms with Crippen molar-refractivity contribution >= 4 is 5.91 Å². The lowest BCUT2D eigenvalue weighted by atomic mass is 9.85. The number of nitrogens with two attached hydrogens (primary N) is 1. The van der Waals surface area contributed by atoms with Gasteiger partial charge in [0.15, 0.2) is 0 Å². The van der Waals surface area contributed by atoms with Crippen molar-refractivity contribution in [3.8, 4) is 0 Å². The lowest BCUT2D eigenvalue weighted by molar-refractivity contribution is -0.132. The Morgan fingerprint density at radius 1 is 1.18 bits per heavy atom. The van der Waals surface area contributed by atoms with Gasteiger partial charge in [0.25, 0.3) is 0 Å². The van der Waals surface area contributed by atoms with Crippen LogP contribution in [0, 0.1) is 11.8 Å². The Hall–Kier alpha value is -0.570. The quantitative estimate of drug-likeness (QED) is 0.797. The third kappa shape index (κ3) is 3.98. The minimum Gasteiger partial charge on any atom is -0.344 e. The van der Waals surface area contributed by atoms with Crippen LogP contribution in [0.3, 0.4) is 0 Å². The molecule has 0 bridgehead atoms. The van der Waals surface area contributed by atoms with E-state index in [9.17, 15) is 4.79 Å². The number of carbonyl (C=O) groups is 1. The van der Waals surface area contributed by atoms with Gasteiger partial charge in [0.1, 0.15) is 0 Å². The topological polar surface area (TPSA) is 46.3 Å². The second-order valence-corrected chi connectivity index (χ2v) is 6.01. The van der Waals surface area contributed by atoms with E-state index in [2.05, 4.69) is 0 Å². The van der Waals surface area contributed by atoms with Gasteiger partial charge in [0.05, 0.1) is 6.04 Å². The predicted molar refractivity (Wildman–Crippen MR) is 69.5 cm³/mol. The zero-order chi connectivity index (χ0) is 12.3. The van der Waals surface area contributed by atoms with E-state index in [0.717, 1.165) is 18.9 Å². The molecule has 98 valence electrons. The molecule has 1 unspecified atom stereocenters. The van der Waals surface area contributed by atoms with E-state index in [-0.39, 0.29) is 11.9 Å².